The maximum atomic E-state index is 13.8. The summed E-state index contributed by atoms with van der Waals surface area (Å²) in [6, 6.07) is 4.90. The van der Waals surface area contributed by atoms with Crippen LogP contribution >= 0.6 is 0 Å². The maximum absolute atomic E-state index is 13.8. The molecule has 0 unspecified atom stereocenters. The summed E-state index contributed by atoms with van der Waals surface area (Å²) in [5.74, 6) is 0.456. The second-order valence-corrected chi connectivity index (χ2v) is 5.14. The van der Waals surface area contributed by atoms with Gasteiger partial charge in [-0.15, -0.1) is 0 Å². The van der Waals surface area contributed by atoms with E-state index in [0.717, 1.165) is 23.4 Å². The number of H-pyrrole nitrogens is 1. The summed E-state index contributed by atoms with van der Waals surface area (Å²) in [6.45, 7) is 5.95. The average molecular weight is 277 g/mol. The molecule has 0 amide bonds. The molecule has 108 valence electrons. The molecule has 1 aromatic carbocycles. The number of hydrogen-bond donors (Lipinski definition) is 2. The normalized spacial score (nSPS) is 11.1. The first-order chi connectivity index (χ1) is 9.61. The Balaban J connectivity index is 2.17. The van der Waals surface area contributed by atoms with Crippen LogP contribution in [0.25, 0.3) is 11.3 Å². The minimum atomic E-state index is -0.374. The molecule has 0 fully saturated rings. The van der Waals surface area contributed by atoms with Crippen LogP contribution in [0.4, 0.5) is 4.39 Å². The first kappa shape index (κ1) is 14.5. The van der Waals surface area contributed by atoms with Crippen molar-refractivity contribution >= 4 is 0 Å². The Morgan fingerprint density at radius 3 is 2.85 bits per heavy atom. The Kier molecular flexibility index (Phi) is 4.74. The highest BCUT2D eigenvalue weighted by Gasteiger charge is 2.10. The number of ether oxygens (including phenoxy) is 1. The lowest BCUT2D eigenvalue weighted by Crippen LogP contribution is -2.19. The lowest BCUT2D eigenvalue weighted by atomic mass is 10.1. The summed E-state index contributed by atoms with van der Waals surface area (Å²) in [5, 5.41) is 10.3. The number of hydrogen-bond acceptors (Lipinski definition) is 3. The van der Waals surface area contributed by atoms with E-state index in [2.05, 4.69) is 29.4 Å². The van der Waals surface area contributed by atoms with Crippen LogP contribution in [0.3, 0.4) is 0 Å². The Bertz CT molecular complexity index is 566. The minimum Gasteiger partial charge on any atom is -0.494 e. The molecule has 1 heterocycles. The van der Waals surface area contributed by atoms with Crippen LogP contribution in [0.1, 0.15) is 19.4 Å². The Morgan fingerprint density at radius 2 is 2.20 bits per heavy atom. The van der Waals surface area contributed by atoms with Gasteiger partial charge in [-0.3, -0.25) is 5.10 Å². The molecular formula is C15H20FN3O. The second-order valence-electron chi connectivity index (χ2n) is 5.14. The van der Waals surface area contributed by atoms with Crippen molar-refractivity contribution in [1.82, 2.24) is 15.5 Å². The van der Waals surface area contributed by atoms with E-state index in [0.29, 0.717) is 12.5 Å². The van der Waals surface area contributed by atoms with Crippen molar-refractivity contribution in [2.24, 2.45) is 5.92 Å². The minimum absolute atomic E-state index is 0.243. The molecule has 0 aliphatic heterocycles. The van der Waals surface area contributed by atoms with Crippen LogP contribution in [0.5, 0.6) is 5.75 Å². The Labute approximate surface area is 118 Å². The highest BCUT2D eigenvalue weighted by molar-refractivity contribution is 5.63. The quantitative estimate of drug-likeness (QED) is 0.853. The highest BCUT2D eigenvalue weighted by Crippen LogP contribution is 2.26. The largest absolute Gasteiger partial charge is 0.494 e. The molecule has 20 heavy (non-hydrogen) atoms. The van der Waals surface area contributed by atoms with Crippen molar-refractivity contribution in [2.45, 2.75) is 20.4 Å². The number of methoxy groups -OCH3 is 1. The van der Waals surface area contributed by atoms with E-state index in [-0.39, 0.29) is 11.6 Å². The number of rotatable bonds is 6. The molecule has 0 saturated carbocycles. The third kappa shape index (κ3) is 3.36. The molecule has 2 N–H and O–H groups in total. The van der Waals surface area contributed by atoms with Crippen molar-refractivity contribution < 1.29 is 9.13 Å². The van der Waals surface area contributed by atoms with E-state index in [1.165, 1.54) is 13.2 Å². The third-order valence-electron chi connectivity index (χ3n) is 3.03. The molecule has 0 spiro atoms. The number of nitrogens with one attached hydrogen (secondary N) is 2. The Hall–Kier alpha value is -1.88. The van der Waals surface area contributed by atoms with Gasteiger partial charge in [0.25, 0.3) is 0 Å². The zero-order valence-electron chi connectivity index (χ0n) is 12.0. The number of aromatic amines is 1. The van der Waals surface area contributed by atoms with Gasteiger partial charge in [0, 0.05) is 17.7 Å². The van der Waals surface area contributed by atoms with Crippen LogP contribution < -0.4 is 10.1 Å². The summed E-state index contributed by atoms with van der Waals surface area (Å²) < 4.78 is 18.7. The number of nitrogens with zero attached hydrogens (tertiary/aromatic N) is 1. The monoisotopic (exact) mass is 277 g/mol. The van der Waals surface area contributed by atoms with E-state index in [4.69, 9.17) is 4.74 Å². The zero-order valence-corrected chi connectivity index (χ0v) is 12.0. The SMILES string of the molecule is COc1ccc(-c2[nH]ncc2CNCC(C)C)cc1F. The van der Waals surface area contributed by atoms with E-state index < -0.39 is 0 Å². The standard InChI is InChI=1S/C15H20FN3O/c1-10(2)7-17-8-12-9-18-19-15(12)11-4-5-14(20-3)13(16)6-11/h4-6,9-10,17H,7-8H2,1-3H3,(H,18,19). The predicted molar refractivity (Wildman–Crippen MR) is 77.1 cm³/mol. The van der Waals surface area contributed by atoms with Gasteiger partial charge in [-0.25, -0.2) is 4.39 Å². The highest BCUT2D eigenvalue weighted by atomic mass is 19.1. The predicted octanol–water partition coefficient (Wildman–Crippen LogP) is 2.97. The van der Waals surface area contributed by atoms with Gasteiger partial charge in [-0.05, 0) is 30.7 Å². The lowest BCUT2D eigenvalue weighted by Gasteiger charge is -2.08. The molecule has 0 aliphatic rings. The van der Waals surface area contributed by atoms with Gasteiger partial charge >= 0.3 is 0 Å². The Morgan fingerprint density at radius 1 is 1.40 bits per heavy atom. The smallest absolute Gasteiger partial charge is 0.165 e. The summed E-state index contributed by atoms with van der Waals surface area (Å²) >= 11 is 0. The molecule has 5 heteroatoms. The van der Waals surface area contributed by atoms with Crippen LogP contribution in [-0.4, -0.2) is 23.9 Å². The number of aromatic nitrogens is 2. The molecule has 0 radical (unpaired) electrons. The third-order valence-corrected chi connectivity index (χ3v) is 3.03. The molecule has 4 nitrogen and oxygen atoms in total. The molecular weight excluding hydrogens is 257 g/mol. The fraction of sp³-hybridized carbons (Fsp3) is 0.400. The van der Waals surface area contributed by atoms with Crippen molar-refractivity contribution in [1.29, 1.82) is 0 Å². The van der Waals surface area contributed by atoms with E-state index in [1.807, 2.05) is 6.07 Å². The van der Waals surface area contributed by atoms with Crippen molar-refractivity contribution in [3.05, 3.63) is 35.8 Å². The first-order valence-corrected chi connectivity index (χ1v) is 6.68. The molecule has 2 aromatic rings. The fourth-order valence-corrected chi connectivity index (χ4v) is 2.01. The maximum Gasteiger partial charge on any atom is 0.165 e. The van der Waals surface area contributed by atoms with Gasteiger partial charge in [0.1, 0.15) is 0 Å². The average Bonchev–Trinajstić information content (AvgIpc) is 2.86. The van der Waals surface area contributed by atoms with Gasteiger partial charge < -0.3 is 10.1 Å². The van der Waals surface area contributed by atoms with Gasteiger partial charge in [-0.1, -0.05) is 13.8 Å². The molecule has 0 atom stereocenters. The van der Waals surface area contributed by atoms with Crippen LogP contribution in [0.2, 0.25) is 0 Å². The molecule has 0 saturated heterocycles. The zero-order chi connectivity index (χ0) is 14.5. The van der Waals surface area contributed by atoms with Crippen molar-refractivity contribution in [2.75, 3.05) is 13.7 Å². The summed E-state index contributed by atoms with van der Waals surface area (Å²) in [4.78, 5) is 0. The lowest BCUT2D eigenvalue weighted by molar-refractivity contribution is 0.386. The molecule has 0 bridgehead atoms. The van der Waals surface area contributed by atoms with E-state index in [1.54, 1.807) is 12.3 Å². The van der Waals surface area contributed by atoms with Gasteiger partial charge in [0.05, 0.1) is 19.0 Å². The summed E-state index contributed by atoms with van der Waals surface area (Å²) in [5.41, 5.74) is 2.63. The van der Waals surface area contributed by atoms with Crippen LogP contribution in [-0.2, 0) is 6.54 Å². The van der Waals surface area contributed by atoms with Crippen LogP contribution in [0.15, 0.2) is 24.4 Å². The fourth-order valence-electron chi connectivity index (χ4n) is 2.01. The first-order valence-electron chi connectivity index (χ1n) is 6.68. The van der Waals surface area contributed by atoms with E-state index in [9.17, 15) is 4.39 Å². The van der Waals surface area contributed by atoms with Gasteiger partial charge in [0.2, 0.25) is 0 Å². The van der Waals surface area contributed by atoms with Gasteiger partial charge in [0.15, 0.2) is 11.6 Å². The van der Waals surface area contributed by atoms with Gasteiger partial charge in [-0.2, -0.15) is 5.10 Å². The van der Waals surface area contributed by atoms with Crippen molar-refractivity contribution in [3.8, 4) is 17.0 Å². The van der Waals surface area contributed by atoms with Crippen LogP contribution in [0, 0.1) is 11.7 Å². The molecule has 0 aliphatic carbocycles. The summed E-state index contributed by atoms with van der Waals surface area (Å²) in [7, 11) is 1.45. The number of benzene rings is 1. The van der Waals surface area contributed by atoms with Crippen molar-refractivity contribution in [3.63, 3.8) is 0 Å². The topological polar surface area (TPSA) is 49.9 Å². The molecule has 1 aromatic heterocycles. The number of halogens is 1. The van der Waals surface area contributed by atoms with E-state index >= 15 is 0 Å². The summed E-state index contributed by atoms with van der Waals surface area (Å²) in [6.07, 6.45) is 1.77. The molecule has 2 rings (SSSR count). The second kappa shape index (κ2) is 6.52.